The Morgan fingerprint density at radius 1 is 1.37 bits per heavy atom. The molecule has 0 spiro atoms. The van der Waals surface area contributed by atoms with Crippen LogP contribution in [0.2, 0.25) is 0 Å². The minimum absolute atomic E-state index is 0.662. The first kappa shape index (κ1) is 11.6. The molecule has 0 radical (unpaired) electrons. The van der Waals surface area contributed by atoms with E-state index in [2.05, 4.69) is 33.6 Å². The van der Waals surface area contributed by atoms with E-state index in [9.17, 15) is 0 Å². The van der Waals surface area contributed by atoms with Crippen LogP contribution in [0.3, 0.4) is 0 Å². The maximum atomic E-state index is 4.77. The molecule has 1 aliphatic heterocycles. The van der Waals surface area contributed by atoms with Gasteiger partial charge < -0.3 is 0 Å². The van der Waals surface area contributed by atoms with Crippen LogP contribution in [0.5, 0.6) is 0 Å². The predicted octanol–water partition coefficient (Wildman–Crippen LogP) is 2.97. The van der Waals surface area contributed by atoms with Crippen LogP contribution in [-0.4, -0.2) is 21.4 Å². The normalized spacial score (nSPS) is 19.4. The van der Waals surface area contributed by atoms with Gasteiger partial charge in [-0.15, -0.1) is 11.3 Å². The Labute approximate surface area is 117 Å². The van der Waals surface area contributed by atoms with Gasteiger partial charge in [0.15, 0.2) is 0 Å². The highest BCUT2D eigenvalue weighted by molar-refractivity contribution is 7.09. The van der Waals surface area contributed by atoms with Crippen molar-refractivity contribution >= 4 is 11.3 Å². The van der Waals surface area contributed by atoms with Crippen LogP contribution >= 0.6 is 11.3 Å². The van der Waals surface area contributed by atoms with Gasteiger partial charge in [-0.1, -0.05) is 6.07 Å². The summed E-state index contributed by atoms with van der Waals surface area (Å²) in [4.78, 5) is 13.3. The summed E-state index contributed by atoms with van der Waals surface area (Å²) in [6.45, 7) is 3.17. The monoisotopic (exact) mass is 271 g/mol. The summed E-state index contributed by atoms with van der Waals surface area (Å²) in [5.74, 6) is 1.75. The van der Waals surface area contributed by atoms with Crippen LogP contribution < -0.4 is 0 Å². The molecular formula is C15H17N3S. The zero-order chi connectivity index (χ0) is 12.7. The van der Waals surface area contributed by atoms with Crippen molar-refractivity contribution in [2.24, 2.45) is 0 Å². The summed E-state index contributed by atoms with van der Waals surface area (Å²) in [5, 5.41) is 2.15. The van der Waals surface area contributed by atoms with Crippen LogP contribution in [0.4, 0.5) is 0 Å². The number of hydrogen-bond donors (Lipinski definition) is 0. The molecular weight excluding hydrogens is 254 g/mol. The average molecular weight is 271 g/mol. The Hall–Kier alpha value is -1.26. The minimum Gasteiger partial charge on any atom is -0.294 e. The van der Waals surface area contributed by atoms with Crippen molar-refractivity contribution in [2.45, 2.75) is 38.3 Å². The van der Waals surface area contributed by atoms with Gasteiger partial charge in [0.05, 0.1) is 0 Å². The predicted molar refractivity (Wildman–Crippen MR) is 76.1 cm³/mol. The molecule has 1 aliphatic carbocycles. The second kappa shape index (κ2) is 4.69. The SMILES string of the molecule is c1csc(CN2CCc3nc(C4CC4)ncc3C2)c1. The molecule has 0 amide bonds. The highest BCUT2D eigenvalue weighted by Gasteiger charge is 2.28. The average Bonchev–Trinajstić information content (AvgIpc) is 3.17. The van der Waals surface area contributed by atoms with Gasteiger partial charge in [0.1, 0.15) is 5.82 Å². The largest absolute Gasteiger partial charge is 0.294 e. The van der Waals surface area contributed by atoms with Crippen molar-refractivity contribution in [1.82, 2.24) is 14.9 Å². The summed E-state index contributed by atoms with van der Waals surface area (Å²) in [6, 6.07) is 4.34. The van der Waals surface area contributed by atoms with Crippen molar-refractivity contribution in [1.29, 1.82) is 0 Å². The third-order valence-electron chi connectivity index (χ3n) is 3.93. The lowest BCUT2D eigenvalue weighted by Gasteiger charge is -2.27. The fraction of sp³-hybridized carbons (Fsp3) is 0.467. The molecule has 0 atom stereocenters. The van der Waals surface area contributed by atoms with Gasteiger partial charge in [0, 0.05) is 54.3 Å². The molecule has 4 heteroatoms. The van der Waals surface area contributed by atoms with E-state index < -0.39 is 0 Å². The molecule has 0 saturated heterocycles. The fourth-order valence-electron chi connectivity index (χ4n) is 2.69. The molecule has 0 bridgehead atoms. The van der Waals surface area contributed by atoms with E-state index >= 15 is 0 Å². The number of fused-ring (bicyclic) bond motifs is 1. The van der Waals surface area contributed by atoms with Gasteiger partial charge >= 0.3 is 0 Å². The van der Waals surface area contributed by atoms with Crippen molar-refractivity contribution < 1.29 is 0 Å². The van der Waals surface area contributed by atoms with Crippen LogP contribution in [0.25, 0.3) is 0 Å². The smallest absolute Gasteiger partial charge is 0.131 e. The van der Waals surface area contributed by atoms with Crippen molar-refractivity contribution in [3.63, 3.8) is 0 Å². The molecule has 2 aromatic heterocycles. The van der Waals surface area contributed by atoms with Crippen LogP contribution in [-0.2, 0) is 19.5 Å². The van der Waals surface area contributed by atoms with E-state index in [1.165, 1.54) is 29.0 Å². The lowest BCUT2D eigenvalue weighted by Crippen LogP contribution is -2.30. The second-order valence-electron chi connectivity index (χ2n) is 5.51. The standard InChI is InChI=1S/C15H17N3S/c1-2-13(19-7-1)10-18-6-5-14-12(9-18)8-16-15(17-14)11-3-4-11/h1-2,7-8,11H,3-6,9-10H2. The maximum absolute atomic E-state index is 4.77. The first-order valence-corrected chi connectivity index (χ1v) is 7.86. The van der Waals surface area contributed by atoms with Crippen molar-refractivity contribution in [3.05, 3.63) is 45.7 Å². The van der Waals surface area contributed by atoms with E-state index in [-0.39, 0.29) is 0 Å². The zero-order valence-corrected chi connectivity index (χ0v) is 11.7. The number of nitrogens with zero attached hydrogens (tertiary/aromatic N) is 3. The highest BCUT2D eigenvalue weighted by atomic mass is 32.1. The molecule has 0 aromatic carbocycles. The number of aromatic nitrogens is 2. The summed E-state index contributed by atoms with van der Waals surface area (Å²) >= 11 is 1.84. The summed E-state index contributed by atoms with van der Waals surface area (Å²) in [6.07, 6.45) is 5.70. The fourth-order valence-corrected chi connectivity index (χ4v) is 3.43. The molecule has 0 N–H and O–H groups in total. The van der Waals surface area contributed by atoms with E-state index in [1.54, 1.807) is 0 Å². The minimum atomic E-state index is 0.662. The summed E-state index contributed by atoms with van der Waals surface area (Å²) in [7, 11) is 0. The topological polar surface area (TPSA) is 29.0 Å². The Kier molecular flexibility index (Phi) is 2.85. The highest BCUT2D eigenvalue weighted by Crippen LogP contribution is 2.38. The zero-order valence-electron chi connectivity index (χ0n) is 10.9. The number of hydrogen-bond acceptors (Lipinski definition) is 4. The van der Waals surface area contributed by atoms with E-state index in [4.69, 9.17) is 4.98 Å². The van der Waals surface area contributed by atoms with Gasteiger partial charge in [-0.3, -0.25) is 4.90 Å². The summed E-state index contributed by atoms with van der Waals surface area (Å²) < 4.78 is 0. The second-order valence-corrected chi connectivity index (χ2v) is 6.55. The molecule has 2 aromatic rings. The number of rotatable bonds is 3. The lowest BCUT2D eigenvalue weighted by molar-refractivity contribution is 0.244. The molecule has 1 fully saturated rings. The lowest BCUT2D eigenvalue weighted by atomic mass is 10.1. The van der Waals surface area contributed by atoms with Crippen LogP contribution in [0, 0.1) is 0 Å². The third-order valence-corrected chi connectivity index (χ3v) is 4.79. The Morgan fingerprint density at radius 2 is 2.32 bits per heavy atom. The Bertz CT molecular complexity index is 575. The Morgan fingerprint density at radius 3 is 3.11 bits per heavy atom. The van der Waals surface area contributed by atoms with Gasteiger partial charge in [-0.2, -0.15) is 0 Å². The van der Waals surface area contributed by atoms with Crippen molar-refractivity contribution in [3.8, 4) is 0 Å². The van der Waals surface area contributed by atoms with E-state index in [1.807, 2.05) is 11.3 Å². The molecule has 3 nitrogen and oxygen atoms in total. The first-order valence-electron chi connectivity index (χ1n) is 6.98. The summed E-state index contributed by atoms with van der Waals surface area (Å²) in [5.41, 5.74) is 2.62. The molecule has 1 saturated carbocycles. The quantitative estimate of drug-likeness (QED) is 0.859. The van der Waals surface area contributed by atoms with Crippen LogP contribution in [0.1, 0.15) is 40.7 Å². The van der Waals surface area contributed by atoms with E-state index in [0.717, 1.165) is 31.9 Å². The molecule has 19 heavy (non-hydrogen) atoms. The molecule has 2 aliphatic rings. The number of thiophene rings is 1. The molecule has 98 valence electrons. The third kappa shape index (κ3) is 2.42. The van der Waals surface area contributed by atoms with Gasteiger partial charge in [-0.05, 0) is 24.3 Å². The maximum Gasteiger partial charge on any atom is 0.131 e. The Balaban J connectivity index is 1.50. The van der Waals surface area contributed by atoms with Crippen molar-refractivity contribution in [2.75, 3.05) is 6.54 Å². The van der Waals surface area contributed by atoms with Gasteiger partial charge in [0.25, 0.3) is 0 Å². The molecule has 4 rings (SSSR count). The first-order chi connectivity index (χ1) is 9.38. The molecule has 3 heterocycles. The van der Waals surface area contributed by atoms with E-state index in [0.29, 0.717) is 5.92 Å². The van der Waals surface area contributed by atoms with Gasteiger partial charge in [-0.25, -0.2) is 9.97 Å². The molecule has 0 unspecified atom stereocenters. The van der Waals surface area contributed by atoms with Crippen LogP contribution in [0.15, 0.2) is 23.7 Å². The van der Waals surface area contributed by atoms with Gasteiger partial charge in [0.2, 0.25) is 0 Å².